The Kier molecular flexibility index (Phi) is 2.48. The number of nitrogens with zero attached hydrogens (tertiary/aromatic N) is 1. The van der Waals surface area contributed by atoms with E-state index >= 15 is 0 Å². The van der Waals surface area contributed by atoms with Crippen molar-refractivity contribution in [3.63, 3.8) is 0 Å². The first-order chi connectivity index (χ1) is 8.63. The minimum Gasteiger partial charge on any atom is -0.379 e. The van der Waals surface area contributed by atoms with E-state index < -0.39 is 5.41 Å². The molecule has 0 bridgehead atoms. The summed E-state index contributed by atoms with van der Waals surface area (Å²) in [6, 6.07) is 8.96. The molecule has 0 aromatic heterocycles. The zero-order valence-corrected chi connectivity index (χ0v) is 10.8. The molecule has 0 unspecified atom stereocenters. The third kappa shape index (κ3) is 1.31. The van der Waals surface area contributed by atoms with Gasteiger partial charge in [-0.1, -0.05) is 18.2 Å². The zero-order valence-electron chi connectivity index (χ0n) is 10.8. The molecule has 0 saturated carbocycles. The van der Waals surface area contributed by atoms with Crippen molar-refractivity contribution in [2.45, 2.75) is 19.3 Å². The second-order valence-corrected chi connectivity index (χ2v) is 5.56. The van der Waals surface area contributed by atoms with E-state index in [2.05, 4.69) is 38.1 Å². The van der Waals surface area contributed by atoms with E-state index in [1.807, 2.05) is 0 Å². The fraction of sp³-hybridized carbons (Fsp3) is 0.533. The van der Waals surface area contributed by atoms with Crippen molar-refractivity contribution in [3.05, 3.63) is 34.9 Å². The van der Waals surface area contributed by atoms with E-state index in [9.17, 15) is 5.26 Å². The minimum absolute atomic E-state index is 0.168. The summed E-state index contributed by atoms with van der Waals surface area (Å²) in [6.45, 7) is 6.54. The largest absolute Gasteiger partial charge is 0.379 e. The highest BCUT2D eigenvalue weighted by Gasteiger charge is 2.62. The van der Waals surface area contributed by atoms with Crippen LogP contribution < -0.4 is 0 Å². The Bertz CT molecular complexity index is 522. The number of hydrogen-bond donors (Lipinski definition) is 0. The summed E-state index contributed by atoms with van der Waals surface area (Å²) in [5.41, 5.74) is 3.21. The number of hydrogen-bond acceptors (Lipinski definition) is 3. The summed E-state index contributed by atoms with van der Waals surface area (Å²) in [4.78, 5) is 0. The Morgan fingerprint density at radius 1 is 1.06 bits per heavy atom. The predicted octanol–water partition coefficient (Wildman–Crippen LogP) is 2.11. The van der Waals surface area contributed by atoms with Crippen LogP contribution in [0.4, 0.5) is 0 Å². The summed E-state index contributed by atoms with van der Waals surface area (Å²) in [7, 11) is 0. The molecule has 2 saturated heterocycles. The van der Waals surface area contributed by atoms with Crippen molar-refractivity contribution in [2.24, 2.45) is 5.41 Å². The molecule has 1 aromatic rings. The summed E-state index contributed by atoms with van der Waals surface area (Å²) >= 11 is 0. The van der Waals surface area contributed by atoms with E-state index in [1.54, 1.807) is 0 Å². The third-order valence-electron chi connectivity index (χ3n) is 4.58. The fourth-order valence-corrected chi connectivity index (χ4v) is 2.82. The summed E-state index contributed by atoms with van der Waals surface area (Å²) in [5.74, 6) is 0. The highest BCUT2D eigenvalue weighted by Crippen LogP contribution is 2.51. The van der Waals surface area contributed by atoms with Gasteiger partial charge in [0.25, 0.3) is 0 Å². The Balaban J connectivity index is 2.06. The molecule has 3 nitrogen and oxygen atoms in total. The average Bonchev–Trinajstić information content (AvgIpc) is 2.25. The molecule has 2 fully saturated rings. The maximum Gasteiger partial charge on any atom is 0.118 e. The third-order valence-corrected chi connectivity index (χ3v) is 4.58. The normalized spacial score (nSPS) is 23.6. The fourth-order valence-electron chi connectivity index (χ4n) is 2.82. The van der Waals surface area contributed by atoms with E-state index in [0.717, 1.165) is 0 Å². The molecule has 0 atom stereocenters. The van der Waals surface area contributed by atoms with Gasteiger partial charge in [-0.25, -0.2) is 0 Å². The van der Waals surface area contributed by atoms with Gasteiger partial charge >= 0.3 is 0 Å². The Morgan fingerprint density at radius 2 is 1.72 bits per heavy atom. The number of benzene rings is 1. The lowest BCUT2D eigenvalue weighted by molar-refractivity contribution is -0.201. The Labute approximate surface area is 107 Å². The lowest BCUT2D eigenvalue weighted by atomic mass is 9.58. The van der Waals surface area contributed by atoms with Crippen molar-refractivity contribution in [2.75, 3.05) is 26.4 Å². The molecule has 3 rings (SSSR count). The van der Waals surface area contributed by atoms with Crippen LogP contribution in [0.2, 0.25) is 0 Å². The second kappa shape index (κ2) is 3.81. The Morgan fingerprint density at radius 3 is 2.11 bits per heavy atom. The quantitative estimate of drug-likeness (QED) is 0.799. The van der Waals surface area contributed by atoms with Crippen LogP contribution >= 0.6 is 0 Å². The van der Waals surface area contributed by atoms with Gasteiger partial charge in [0, 0.05) is 0 Å². The summed E-state index contributed by atoms with van der Waals surface area (Å²) in [6.07, 6.45) is 0. The highest BCUT2D eigenvalue weighted by molar-refractivity contribution is 5.41. The standard InChI is InChI=1S/C15H17NO2/c1-11-3-4-13(5-12(11)2)15(9-18-10-15)14(6-16)7-17-8-14/h3-5H,7-10H2,1-2H3. The van der Waals surface area contributed by atoms with Crippen LogP contribution in [-0.2, 0) is 14.9 Å². The van der Waals surface area contributed by atoms with Crippen LogP contribution in [0, 0.1) is 30.6 Å². The van der Waals surface area contributed by atoms with Gasteiger partial charge in [-0.05, 0) is 30.5 Å². The summed E-state index contributed by atoms with van der Waals surface area (Å²) < 4.78 is 10.7. The van der Waals surface area contributed by atoms with Crippen molar-refractivity contribution in [3.8, 4) is 6.07 Å². The van der Waals surface area contributed by atoms with Crippen LogP contribution in [0.3, 0.4) is 0 Å². The van der Waals surface area contributed by atoms with Crippen molar-refractivity contribution >= 4 is 0 Å². The van der Waals surface area contributed by atoms with Crippen LogP contribution in [0.1, 0.15) is 16.7 Å². The van der Waals surface area contributed by atoms with Gasteiger partial charge in [0.05, 0.1) is 37.9 Å². The van der Waals surface area contributed by atoms with Gasteiger partial charge in [-0.15, -0.1) is 0 Å². The number of rotatable bonds is 2. The lowest BCUT2D eigenvalue weighted by Gasteiger charge is -2.55. The topological polar surface area (TPSA) is 42.2 Å². The molecule has 2 aliphatic heterocycles. The van der Waals surface area contributed by atoms with E-state index in [4.69, 9.17) is 9.47 Å². The van der Waals surface area contributed by atoms with E-state index in [1.165, 1.54) is 16.7 Å². The number of aryl methyl sites for hydroxylation is 2. The molecule has 0 N–H and O–H groups in total. The first-order valence-electron chi connectivity index (χ1n) is 6.28. The highest BCUT2D eigenvalue weighted by atomic mass is 16.5. The van der Waals surface area contributed by atoms with Gasteiger partial charge in [0.15, 0.2) is 0 Å². The molecule has 2 heterocycles. The molecule has 94 valence electrons. The smallest absolute Gasteiger partial charge is 0.118 e. The first-order valence-corrected chi connectivity index (χ1v) is 6.28. The molecule has 2 aliphatic rings. The molecular weight excluding hydrogens is 226 g/mol. The molecule has 0 spiro atoms. The second-order valence-electron chi connectivity index (χ2n) is 5.56. The number of nitriles is 1. The van der Waals surface area contributed by atoms with Crippen molar-refractivity contribution in [1.82, 2.24) is 0 Å². The van der Waals surface area contributed by atoms with Gasteiger partial charge in [-0.2, -0.15) is 5.26 Å². The van der Waals surface area contributed by atoms with Gasteiger partial charge in [0.1, 0.15) is 5.41 Å². The van der Waals surface area contributed by atoms with Crippen LogP contribution in [0.5, 0.6) is 0 Å². The maximum atomic E-state index is 9.54. The molecule has 3 heteroatoms. The molecule has 1 aromatic carbocycles. The SMILES string of the molecule is Cc1ccc(C2(C3(C#N)COC3)COC2)cc1C. The maximum absolute atomic E-state index is 9.54. The lowest BCUT2D eigenvalue weighted by Crippen LogP contribution is -2.66. The van der Waals surface area contributed by atoms with Gasteiger partial charge in [0.2, 0.25) is 0 Å². The molecule has 0 radical (unpaired) electrons. The van der Waals surface area contributed by atoms with Crippen molar-refractivity contribution in [1.29, 1.82) is 5.26 Å². The summed E-state index contributed by atoms with van der Waals surface area (Å²) in [5, 5.41) is 9.54. The van der Waals surface area contributed by atoms with Crippen LogP contribution in [-0.4, -0.2) is 26.4 Å². The zero-order chi connectivity index (χ0) is 12.8. The van der Waals surface area contributed by atoms with E-state index in [-0.39, 0.29) is 5.41 Å². The number of ether oxygens (including phenoxy) is 2. The predicted molar refractivity (Wildman–Crippen MR) is 67.3 cm³/mol. The van der Waals surface area contributed by atoms with E-state index in [0.29, 0.717) is 26.4 Å². The molecule has 0 amide bonds. The molecule has 0 aliphatic carbocycles. The van der Waals surface area contributed by atoms with Crippen LogP contribution in [0.25, 0.3) is 0 Å². The monoisotopic (exact) mass is 243 g/mol. The molecule has 18 heavy (non-hydrogen) atoms. The average molecular weight is 243 g/mol. The first kappa shape index (κ1) is 11.7. The molecular formula is C15H17NO2. The van der Waals surface area contributed by atoms with Crippen molar-refractivity contribution < 1.29 is 9.47 Å². The van der Waals surface area contributed by atoms with Gasteiger partial charge < -0.3 is 9.47 Å². The Hall–Kier alpha value is -1.37. The van der Waals surface area contributed by atoms with Crippen LogP contribution in [0.15, 0.2) is 18.2 Å². The minimum atomic E-state index is -0.396. The van der Waals surface area contributed by atoms with Gasteiger partial charge in [-0.3, -0.25) is 0 Å².